The molecule has 228 valence electrons. The SMILES string of the molecule is CCCc1nn(C)c2c(=O)[nH]c(-c3cc(S(=O)(=O)N4CCC([C@H](CO[N+](=O)[O-])O[N+](=O)[O-])CC4)ccc3OCC)nc12. The maximum atomic E-state index is 13.7. The van der Waals surface area contributed by atoms with Crippen molar-refractivity contribution in [3.05, 3.63) is 54.5 Å². The quantitative estimate of drug-likeness (QED) is 0.217. The number of rotatable bonds is 13. The molecule has 17 nitrogen and oxygen atoms in total. The molecule has 42 heavy (non-hydrogen) atoms. The van der Waals surface area contributed by atoms with Gasteiger partial charge in [-0.15, -0.1) is 20.2 Å². The second-order valence-corrected chi connectivity index (χ2v) is 11.6. The van der Waals surface area contributed by atoms with Gasteiger partial charge in [-0.1, -0.05) is 13.3 Å². The highest BCUT2D eigenvalue weighted by Gasteiger charge is 2.35. The van der Waals surface area contributed by atoms with E-state index in [1.54, 1.807) is 14.0 Å². The second kappa shape index (κ2) is 12.7. The van der Waals surface area contributed by atoms with E-state index in [4.69, 9.17) is 4.74 Å². The Morgan fingerprint density at radius 2 is 1.88 bits per heavy atom. The van der Waals surface area contributed by atoms with E-state index in [1.807, 2.05) is 6.92 Å². The third kappa shape index (κ3) is 6.43. The van der Waals surface area contributed by atoms with Crippen LogP contribution in [0, 0.1) is 26.1 Å². The molecule has 0 spiro atoms. The van der Waals surface area contributed by atoms with E-state index in [2.05, 4.69) is 24.7 Å². The lowest BCUT2D eigenvalue weighted by atomic mass is 9.92. The maximum Gasteiger partial charge on any atom is 0.294 e. The van der Waals surface area contributed by atoms with E-state index in [-0.39, 0.29) is 48.8 Å². The first-order valence-electron chi connectivity index (χ1n) is 13.3. The standard InChI is InChI=1S/C24H31N7O10S/c1-4-6-18-21-22(28(3)27-18)24(32)26-23(25-21)17-13-16(7-8-19(17)39-5-2)42(37,38)29-11-9-15(10-12-29)20(41-31(35)36)14-40-30(33)34/h7-8,13,15,20H,4-6,9-12,14H2,1-3H3,(H,25,26,32)/t20-/m0/s1. The van der Waals surface area contributed by atoms with Crippen LogP contribution in [0.15, 0.2) is 27.9 Å². The first-order valence-corrected chi connectivity index (χ1v) is 14.7. The largest absolute Gasteiger partial charge is 0.493 e. The highest BCUT2D eigenvalue weighted by Crippen LogP contribution is 2.34. The molecule has 18 heteroatoms. The van der Waals surface area contributed by atoms with Gasteiger partial charge in [-0.3, -0.25) is 9.48 Å². The normalized spacial score (nSPS) is 15.4. The van der Waals surface area contributed by atoms with Crippen LogP contribution in [0.1, 0.15) is 38.8 Å². The number of nitrogens with one attached hydrogen (secondary N) is 1. The highest BCUT2D eigenvalue weighted by molar-refractivity contribution is 7.89. The van der Waals surface area contributed by atoms with Gasteiger partial charge in [0.25, 0.3) is 15.7 Å². The highest BCUT2D eigenvalue weighted by atomic mass is 32.2. The van der Waals surface area contributed by atoms with E-state index < -0.39 is 44.4 Å². The predicted molar refractivity (Wildman–Crippen MR) is 146 cm³/mol. The average Bonchev–Trinajstić information content (AvgIpc) is 3.26. The summed E-state index contributed by atoms with van der Waals surface area (Å²) < 4.78 is 35.7. The van der Waals surface area contributed by atoms with Crippen LogP contribution < -0.4 is 10.3 Å². The zero-order valence-corrected chi connectivity index (χ0v) is 24.0. The Morgan fingerprint density at radius 1 is 1.17 bits per heavy atom. The first-order chi connectivity index (χ1) is 20.0. The molecule has 0 saturated carbocycles. The van der Waals surface area contributed by atoms with Crippen LogP contribution >= 0.6 is 0 Å². The average molecular weight is 610 g/mol. The van der Waals surface area contributed by atoms with E-state index in [0.29, 0.717) is 28.9 Å². The van der Waals surface area contributed by atoms with Crippen LogP contribution in [0.5, 0.6) is 5.75 Å². The van der Waals surface area contributed by atoms with Gasteiger partial charge in [0.15, 0.2) is 5.52 Å². The van der Waals surface area contributed by atoms with Crippen LogP contribution in [0.25, 0.3) is 22.4 Å². The molecule has 1 N–H and O–H groups in total. The van der Waals surface area contributed by atoms with E-state index >= 15 is 0 Å². The summed E-state index contributed by atoms with van der Waals surface area (Å²) in [5.41, 5.74) is 1.21. The second-order valence-electron chi connectivity index (χ2n) is 9.65. The maximum absolute atomic E-state index is 13.7. The van der Waals surface area contributed by atoms with Crippen molar-refractivity contribution in [3.8, 4) is 17.1 Å². The Hall–Kier alpha value is -4.32. The predicted octanol–water partition coefficient (Wildman–Crippen LogP) is 1.86. The van der Waals surface area contributed by atoms with Gasteiger partial charge < -0.3 is 19.4 Å². The van der Waals surface area contributed by atoms with Crippen molar-refractivity contribution in [2.75, 3.05) is 26.3 Å². The smallest absolute Gasteiger partial charge is 0.294 e. The van der Waals surface area contributed by atoms with E-state index in [9.17, 15) is 33.4 Å². The third-order valence-electron chi connectivity index (χ3n) is 6.98. The molecule has 0 radical (unpaired) electrons. The third-order valence-corrected chi connectivity index (χ3v) is 8.88. The fraction of sp³-hybridized carbons (Fsp3) is 0.542. The molecule has 1 aliphatic heterocycles. The summed E-state index contributed by atoms with van der Waals surface area (Å²) in [7, 11) is -2.41. The van der Waals surface area contributed by atoms with Gasteiger partial charge in [0.1, 0.15) is 29.8 Å². The minimum Gasteiger partial charge on any atom is -0.493 e. The van der Waals surface area contributed by atoms with Gasteiger partial charge in [-0.05, 0) is 50.3 Å². The van der Waals surface area contributed by atoms with Gasteiger partial charge in [0, 0.05) is 20.1 Å². The van der Waals surface area contributed by atoms with Crippen molar-refractivity contribution in [2.24, 2.45) is 13.0 Å². The Kier molecular flexibility index (Phi) is 9.25. The molecule has 3 heterocycles. The Bertz CT molecular complexity index is 1630. The fourth-order valence-electron chi connectivity index (χ4n) is 5.05. The number of aromatic nitrogens is 4. The lowest BCUT2D eigenvalue weighted by molar-refractivity contribution is -0.791. The van der Waals surface area contributed by atoms with Crippen molar-refractivity contribution in [1.82, 2.24) is 24.1 Å². The van der Waals surface area contributed by atoms with Crippen LogP contribution in [-0.2, 0) is 33.2 Å². The fourth-order valence-corrected chi connectivity index (χ4v) is 6.55. The minimum absolute atomic E-state index is 0.0112. The van der Waals surface area contributed by atoms with Gasteiger partial charge in [-0.2, -0.15) is 9.40 Å². The number of benzene rings is 1. The molecule has 2 aromatic heterocycles. The number of hydrogen-bond acceptors (Lipinski definition) is 12. The lowest BCUT2D eigenvalue weighted by Crippen LogP contribution is -2.43. The molecule has 3 aromatic rings. The van der Waals surface area contributed by atoms with Gasteiger partial charge >= 0.3 is 0 Å². The van der Waals surface area contributed by atoms with E-state index in [0.717, 1.165) is 6.42 Å². The molecular weight excluding hydrogens is 578 g/mol. The number of fused-ring (bicyclic) bond motifs is 1. The van der Waals surface area contributed by atoms with Crippen LogP contribution in [0.4, 0.5) is 0 Å². The van der Waals surface area contributed by atoms with Crippen molar-refractivity contribution >= 4 is 21.1 Å². The number of aryl methyl sites for hydroxylation is 2. The minimum atomic E-state index is -4.06. The van der Waals surface area contributed by atoms with Crippen molar-refractivity contribution in [3.63, 3.8) is 0 Å². The molecule has 1 saturated heterocycles. The summed E-state index contributed by atoms with van der Waals surface area (Å²) in [5, 5.41) is 23.8. The first kappa shape index (κ1) is 30.6. The molecular formula is C24H31N7O10S. The van der Waals surface area contributed by atoms with Crippen LogP contribution in [-0.4, -0.2) is 75.1 Å². The number of H-pyrrole nitrogens is 1. The van der Waals surface area contributed by atoms with Crippen LogP contribution in [0.3, 0.4) is 0 Å². The number of ether oxygens (including phenoxy) is 1. The van der Waals surface area contributed by atoms with E-state index in [1.165, 1.54) is 27.2 Å². The summed E-state index contributed by atoms with van der Waals surface area (Å²) >= 11 is 0. The van der Waals surface area contributed by atoms with Gasteiger partial charge in [-0.25, -0.2) is 13.4 Å². The Labute approximate surface area is 239 Å². The number of piperidine rings is 1. The number of nitrogens with zero attached hydrogens (tertiary/aromatic N) is 6. The summed E-state index contributed by atoms with van der Waals surface area (Å²) in [5.74, 6) is -0.0951. The molecule has 1 aliphatic rings. The van der Waals surface area contributed by atoms with Crippen molar-refractivity contribution in [2.45, 2.75) is 50.5 Å². The van der Waals surface area contributed by atoms with Crippen molar-refractivity contribution < 1.29 is 33.0 Å². The summed E-state index contributed by atoms with van der Waals surface area (Å²) in [6, 6.07) is 4.27. The Balaban J connectivity index is 1.65. The topological polar surface area (TPSA) is 215 Å². The molecule has 0 bridgehead atoms. The zero-order valence-electron chi connectivity index (χ0n) is 23.2. The molecule has 0 amide bonds. The van der Waals surface area contributed by atoms with Gasteiger partial charge in [0.05, 0.1) is 22.8 Å². The molecule has 1 aromatic carbocycles. The van der Waals surface area contributed by atoms with Crippen molar-refractivity contribution in [1.29, 1.82) is 0 Å². The molecule has 1 fully saturated rings. The molecule has 0 aliphatic carbocycles. The summed E-state index contributed by atoms with van der Waals surface area (Å²) in [6.45, 7) is 3.35. The summed E-state index contributed by atoms with van der Waals surface area (Å²) in [6.07, 6.45) is 0.453. The molecule has 4 rings (SSSR count). The number of hydrogen-bond donors (Lipinski definition) is 1. The van der Waals surface area contributed by atoms with Crippen LogP contribution in [0.2, 0.25) is 0 Å². The number of aromatic amines is 1. The molecule has 1 atom stereocenters. The summed E-state index contributed by atoms with van der Waals surface area (Å²) in [4.78, 5) is 50.6. The zero-order chi connectivity index (χ0) is 30.6. The molecule has 0 unspecified atom stereocenters. The lowest BCUT2D eigenvalue weighted by Gasteiger charge is -2.34. The van der Waals surface area contributed by atoms with Gasteiger partial charge in [0.2, 0.25) is 10.0 Å². The number of sulfonamides is 1. The Morgan fingerprint density at radius 3 is 2.50 bits per heavy atom. The monoisotopic (exact) mass is 609 g/mol.